The fourth-order valence-corrected chi connectivity index (χ4v) is 2.75. The quantitative estimate of drug-likeness (QED) is 0.402. The van der Waals surface area contributed by atoms with Crippen LogP contribution in [0.1, 0.15) is 5.56 Å². The molecule has 2 amide bonds. The molecule has 5 heteroatoms. The molecule has 0 aliphatic carbocycles. The average Bonchev–Trinajstić information content (AvgIpc) is 2.68. The number of para-hydroxylation sites is 2. The fourth-order valence-electron chi connectivity index (χ4n) is 2.75. The van der Waals surface area contributed by atoms with Gasteiger partial charge in [0.2, 0.25) is 0 Å². The predicted molar refractivity (Wildman–Crippen MR) is 107 cm³/mol. The Kier molecular flexibility index (Phi) is 5.33. The Morgan fingerprint density at radius 2 is 1.04 bits per heavy atom. The molecule has 27 heavy (non-hydrogen) atoms. The van der Waals surface area contributed by atoms with E-state index in [2.05, 4.69) is 4.90 Å². The summed E-state index contributed by atoms with van der Waals surface area (Å²) in [5.74, 6) is -1.69. The van der Waals surface area contributed by atoms with Gasteiger partial charge in [-0.3, -0.25) is 9.59 Å². The minimum atomic E-state index is -0.846. The summed E-state index contributed by atoms with van der Waals surface area (Å²) in [6.07, 6.45) is 1.39. The molecule has 0 aliphatic rings. The third-order valence-electron chi connectivity index (χ3n) is 4.02. The first kappa shape index (κ1) is 17.9. The van der Waals surface area contributed by atoms with E-state index in [1.54, 1.807) is 12.1 Å². The van der Waals surface area contributed by atoms with Crippen LogP contribution in [0.4, 0.5) is 17.1 Å². The molecule has 0 aromatic heterocycles. The maximum atomic E-state index is 11.3. The molecule has 3 rings (SSSR count). The molecule has 134 valence electrons. The lowest BCUT2D eigenvalue weighted by Gasteiger charge is -2.25. The van der Waals surface area contributed by atoms with Crippen LogP contribution in [0.25, 0.3) is 6.08 Å². The van der Waals surface area contributed by atoms with Gasteiger partial charge in [0, 0.05) is 17.1 Å². The molecule has 3 aromatic rings. The second-order valence-electron chi connectivity index (χ2n) is 5.88. The third-order valence-corrected chi connectivity index (χ3v) is 4.02. The topological polar surface area (TPSA) is 89.4 Å². The minimum Gasteiger partial charge on any atom is -0.365 e. The van der Waals surface area contributed by atoms with Crippen molar-refractivity contribution in [3.8, 4) is 0 Å². The van der Waals surface area contributed by atoms with Crippen molar-refractivity contribution in [1.29, 1.82) is 0 Å². The van der Waals surface area contributed by atoms with E-state index in [0.717, 1.165) is 17.1 Å². The molecule has 0 bridgehead atoms. The highest BCUT2D eigenvalue weighted by Crippen LogP contribution is 2.34. The largest absolute Gasteiger partial charge is 0.365 e. The molecule has 0 atom stereocenters. The first-order chi connectivity index (χ1) is 13.1. The Hall–Kier alpha value is -3.86. The van der Waals surface area contributed by atoms with E-state index in [9.17, 15) is 9.59 Å². The van der Waals surface area contributed by atoms with Crippen molar-refractivity contribution < 1.29 is 9.59 Å². The molecule has 0 spiro atoms. The van der Waals surface area contributed by atoms with Crippen molar-refractivity contribution in [1.82, 2.24) is 0 Å². The fraction of sp³-hybridized carbons (Fsp3) is 0. The normalized spacial score (nSPS) is 10.1. The number of amides is 2. The lowest BCUT2D eigenvalue weighted by atomic mass is 10.1. The molecule has 0 fully saturated rings. The standard InChI is InChI=1S/C22H19N3O2/c23-21(26)20(22(24)27)15-16-11-13-19(14-12-16)25(17-7-3-1-4-8-17)18-9-5-2-6-10-18/h1-15H,(H2,23,26)(H2,24,27). The molecule has 4 N–H and O–H groups in total. The molecule has 0 saturated carbocycles. The van der Waals surface area contributed by atoms with Crippen LogP contribution in [0.15, 0.2) is 90.5 Å². The van der Waals surface area contributed by atoms with E-state index in [1.165, 1.54) is 6.08 Å². The van der Waals surface area contributed by atoms with Crippen molar-refractivity contribution in [3.63, 3.8) is 0 Å². The van der Waals surface area contributed by atoms with Gasteiger partial charge in [-0.25, -0.2) is 0 Å². The summed E-state index contributed by atoms with van der Waals surface area (Å²) in [5.41, 5.74) is 13.8. The number of hydrogen-bond acceptors (Lipinski definition) is 3. The molecule has 0 unspecified atom stereocenters. The number of rotatable bonds is 6. The predicted octanol–water partition coefficient (Wildman–Crippen LogP) is 3.51. The van der Waals surface area contributed by atoms with E-state index in [0.29, 0.717) is 5.56 Å². The number of benzene rings is 3. The Morgan fingerprint density at radius 1 is 0.630 bits per heavy atom. The van der Waals surface area contributed by atoms with Crippen LogP contribution >= 0.6 is 0 Å². The SMILES string of the molecule is NC(=O)C(=Cc1ccc(N(c2ccccc2)c2ccccc2)cc1)C(N)=O. The molecular formula is C22H19N3O2. The number of primary amides is 2. The van der Waals surface area contributed by atoms with Crippen LogP contribution in [-0.4, -0.2) is 11.8 Å². The summed E-state index contributed by atoms with van der Waals surface area (Å²) in [4.78, 5) is 24.8. The van der Waals surface area contributed by atoms with Crippen LogP contribution in [0.2, 0.25) is 0 Å². The minimum absolute atomic E-state index is 0.231. The maximum Gasteiger partial charge on any atom is 0.254 e. The van der Waals surface area contributed by atoms with Crippen LogP contribution in [0, 0.1) is 0 Å². The Morgan fingerprint density at radius 3 is 1.44 bits per heavy atom. The van der Waals surface area contributed by atoms with E-state index < -0.39 is 11.8 Å². The van der Waals surface area contributed by atoms with Gasteiger partial charge in [0.1, 0.15) is 5.57 Å². The first-order valence-electron chi connectivity index (χ1n) is 8.38. The smallest absolute Gasteiger partial charge is 0.254 e. The van der Waals surface area contributed by atoms with Gasteiger partial charge in [-0.2, -0.15) is 0 Å². The molecule has 5 nitrogen and oxygen atoms in total. The van der Waals surface area contributed by atoms with Gasteiger partial charge in [-0.1, -0.05) is 48.5 Å². The van der Waals surface area contributed by atoms with Gasteiger partial charge in [-0.05, 0) is 48.0 Å². The summed E-state index contributed by atoms with van der Waals surface area (Å²) in [6.45, 7) is 0. The van der Waals surface area contributed by atoms with E-state index in [-0.39, 0.29) is 5.57 Å². The first-order valence-corrected chi connectivity index (χ1v) is 8.38. The van der Waals surface area contributed by atoms with Crippen molar-refractivity contribution in [2.24, 2.45) is 11.5 Å². The molecular weight excluding hydrogens is 338 g/mol. The zero-order chi connectivity index (χ0) is 19.2. The van der Waals surface area contributed by atoms with Crippen LogP contribution in [0.3, 0.4) is 0 Å². The highest BCUT2D eigenvalue weighted by atomic mass is 16.2. The second-order valence-corrected chi connectivity index (χ2v) is 5.88. The van der Waals surface area contributed by atoms with Gasteiger partial charge in [-0.15, -0.1) is 0 Å². The maximum absolute atomic E-state index is 11.3. The average molecular weight is 357 g/mol. The highest BCUT2D eigenvalue weighted by Gasteiger charge is 2.13. The van der Waals surface area contributed by atoms with Crippen LogP contribution in [0.5, 0.6) is 0 Å². The third kappa shape index (κ3) is 4.22. The highest BCUT2D eigenvalue weighted by molar-refractivity contribution is 6.20. The summed E-state index contributed by atoms with van der Waals surface area (Å²) in [5, 5.41) is 0. The Balaban J connectivity index is 2.01. The summed E-state index contributed by atoms with van der Waals surface area (Å²) in [6, 6.07) is 27.4. The molecule has 0 aliphatic heterocycles. The summed E-state index contributed by atoms with van der Waals surface area (Å²) < 4.78 is 0. The Bertz CT molecular complexity index is 910. The Labute approximate surface area is 157 Å². The second kappa shape index (κ2) is 8.01. The van der Waals surface area contributed by atoms with E-state index in [1.807, 2.05) is 72.8 Å². The molecule has 0 radical (unpaired) electrons. The zero-order valence-corrected chi connectivity index (χ0v) is 14.6. The van der Waals surface area contributed by atoms with E-state index in [4.69, 9.17) is 11.5 Å². The van der Waals surface area contributed by atoms with Crippen LogP contribution in [-0.2, 0) is 9.59 Å². The summed E-state index contributed by atoms with van der Waals surface area (Å²) in [7, 11) is 0. The van der Waals surface area contributed by atoms with Crippen molar-refractivity contribution in [2.75, 3.05) is 4.90 Å². The number of anilines is 3. The molecule has 0 heterocycles. The lowest BCUT2D eigenvalue weighted by molar-refractivity contribution is -0.120. The number of hydrogen-bond donors (Lipinski definition) is 2. The lowest BCUT2D eigenvalue weighted by Crippen LogP contribution is -2.25. The number of nitrogens with zero attached hydrogens (tertiary/aromatic N) is 1. The van der Waals surface area contributed by atoms with Gasteiger partial charge in [0.25, 0.3) is 11.8 Å². The van der Waals surface area contributed by atoms with Gasteiger partial charge in [0.15, 0.2) is 0 Å². The molecule has 3 aromatic carbocycles. The van der Waals surface area contributed by atoms with Crippen LogP contribution < -0.4 is 16.4 Å². The summed E-state index contributed by atoms with van der Waals surface area (Å²) >= 11 is 0. The van der Waals surface area contributed by atoms with Crippen molar-refractivity contribution >= 4 is 35.0 Å². The van der Waals surface area contributed by atoms with Gasteiger partial charge < -0.3 is 16.4 Å². The van der Waals surface area contributed by atoms with E-state index >= 15 is 0 Å². The van der Waals surface area contributed by atoms with Crippen molar-refractivity contribution in [2.45, 2.75) is 0 Å². The monoisotopic (exact) mass is 357 g/mol. The zero-order valence-electron chi connectivity index (χ0n) is 14.6. The van der Waals surface area contributed by atoms with Crippen molar-refractivity contribution in [3.05, 3.63) is 96.1 Å². The van der Waals surface area contributed by atoms with Gasteiger partial charge in [0.05, 0.1) is 0 Å². The van der Waals surface area contributed by atoms with Gasteiger partial charge >= 0.3 is 0 Å². The number of carbonyl (C=O) groups is 2. The number of carbonyl (C=O) groups excluding carboxylic acids is 2. The molecule has 0 saturated heterocycles. The number of nitrogens with two attached hydrogens (primary N) is 2.